The van der Waals surface area contributed by atoms with Gasteiger partial charge in [0.05, 0.1) is 21.3 Å². The first kappa shape index (κ1) is 16.2. The van der Waals surface area contributed by atoms with Gasteiger partial charge in [-0.15, -0.1) is 0 Å². The Morgan fingerprint density at radius 2 is 1.77 bits per heavy atom. The number of nitrogens with one attached hydrogen (secondary N) is 1. The number of nitrogens with zero attached hydrogens (tertiary/aromatic N) is 3. The predicted molar refractivity (Wildman–Crippen MR) is 73.3 cm³/mol. The van der Waals surface area contributed by atoms with Gasteiger partial charge in [-0.05, 0) is 12.1 Å². The number of nitriles is 2. The average molecular weight is 348 g/mol. The smallest absolute Gasteiger partial charge is 0.292 e. The second kappa shape index (κ2) is 5.25. The standard InChI is InChI=1S/C12H6Cl2F3N5/c13-8-1-6(12(15,16)17)2-9(14)10(8)22-11(20,5-19)3-7(4-18)21-22/h1-3,21H,20H2. The van der Waals surface area contributed by atoms with Gasteiger partial charge in [0.25, 0.3) is 0 Å². The van der Waals surface area contributed by atoms with Crippen molar-refractivity contribution in [1.29, 1.82) is 10.5 Å². The first-order valence-corrected chi connectivity index (χ1v) is 6.34. The molecule has 0 fully saturated rings. The van der Waals surface area contributed by atoms with Gasteiger partial charge in [-0.1, -0.05) is 23.2 Å². The lowest BCUT2D eigenvalue weighted by Gasteiger charge is -2.31. The van der Waals surface area contributed by atoms with E-state index in [-0.39, 0.29) is 21.4 Å². The third kappa shape index (κ3) is 2.64. The lowest BCUT2D eigenvalue weighted by Crippen LogP contribution is -2.55. The summed E-state index contributed by atoms with van der Waals surface area (Å²) in [5.41, 5.74) is 5.21. The molecule has 1 aromatic carbocycles. The molecule has 0 aromatic heterocycles. The van der Waals surface area contributed by atoms with Crippen LogP contribution in [0.25, 0.3) is 0 Å². The molecular formula is C12H6Cl2F3N5. The summed E-state index contributed by atoms with van der Waals surface area (Å²) in [7, 11) is 0. The van der Waals surface area contributed by atoms with Crippen LogP contribution < -0.4 is 16.2 Å². The number of alkyl halides is 3. The maximum atomic E-state index is 12.7. The fourth-order valence-electron chi connectivity index (χ4n) is 1.85. The fourth-order valence-corrected chi connectivity index (χ4v) is 2.51. The van der Waals surface area contributed by atoms with E-state index < -0.39 is 17.4 Å². The molecule has 114 valence electrons. The summed E-state index contributed by atoms with van der Waals surface area (Å²) in [6, 6.07) is 4.78. The maximum Gasteiger partial charge on any atom is 0.416 e. The lowest BCUT2D eigenvalue weighted by atomic mass is 10.1. The SMILES string of the molecule is N#CC1=CC(N)(C#N)N(c2c(Cl)cc(C(F)(F)F)cc2Cl)N1. The van der Waals surface area contributed by atoms with E-state index in [1.54, 1.807) is 12.1 Å². The van der Waals surface area contributed by atoms with Crippen molar-refractivity contribution < 1.29 is 13.2 Å². The molecule has 0 saturated carbocycles. The van der Waals surface area contributed by atoms with Crippen LogP contribution in [-0.2, 0) is 6.18 Å². The number of benzene rings is 1. The Morgan fingerprint density at radius 1 is 1.23 bits per heavy atom. The van der Waals surface area contributed by atoms with Crippen molar-refractivity contribution in [3.63, 3.8) is 0 Å². The van der Waals surface area contributed by atoms with Gasteiger partial charge < -0.3 is 0 Å². The molecule has 0 amide bonds. The quantitative estimate of drug-likeness (QED) is 0.815. The molecule has 1 heterocycles. The molecule has 0 spiro atoms. The fraction of sp³-hybridized carbons (Fsp3) is 0.167. The highest BCUT2D eigenvalue weighted by Gasteiger charge is 2.41. The topological polar surface area (TPSA) is 88.9 Å². The van der Waals surface area contributed by atoms with E-state index >= 15 is 0 Å². The van der Waals surface area contributed by atoms with Gasteiger partial charge in [0.2, 0.25) is 5.66 Å². The van der Waals surface area contributed by atoms with Gasteiger partial charge in [0.1, 0.15) is 17.8 Å². The van der Waals surface area contributed by atoms with Gasteiger partial charge >= 0.3 is 6.18 Å². The Kier molecular flexibility index (Phi) is 3.88. The molecular weight excluding hydrogens is 342 g/mol. The van der Waals surface area contributed by atoms with Crippen molar-refractivity contribution in [3.05, 3.63) is 39.5 Å². The van der Waals surface area contributed by atoms with Crippen molar-refractivity contribution in [1.82, 2.24) is 5.43 Å². The van der Waals surface area contributed by atoms with Gasteiger partial charge in [-0.3, -0.25) is 11.2 Å². The molecule has 1 atom stereocenters. The molecule has 0 saturated heterocycles. The maximum absolute atomic E-state index is 12.7. The van der Waals surface area contributed by atoms with Gasteiger partial charge in [0, 0.05) is 6.08 Å². The molecule has 1 unspecified atom stereocenters. The number of halogens is 5. The second-order valence-corrected chi connectivity index (χ2v) is 5.15. The molecule has 5 nitrogen and oxygen atoms in total. The van der Waals surface area contributed by atoms with E-state index in [0.29, 0.717) is 12.1 Å². The summed E-state index contributed by atoms with van der Waals surface area (Å²) in [6.07, 6.45) is -3.52. The van der Waals surface area contributed by atoms with Crippen LogP contribution in [0.1, 0.15) is 5.56 Å². The number of hydrogen-bond donors (Lipinski definition) is 2. The molecule has 0 bridgehead atoms. The number of allylic oxidation sites excluding steroid dienone is 1. The largest absolute Gasteiger partial charge is 0.416 e. The number of anilines is 1. The van der Waals surface area contributed by atoms with Gasteiger partial charge in [0.15, 0.2) is 0 Å². The van der Waals surface area contributed by atoms with Crippen LogP contribution in [0, 0.1) is 22.7 Å². The summed E-state index contributed by atoms with van der Waals surface area (Å²) in [5, 5.41) is 18.2. The molecule has 1 aliphatic heterocycles. The third-order valence-corrected chi connectivity index (χ3v) is 3.41. The molecule has 0 radical (unpaired) electrons. The highest BCUT2D eigenvalue weighted by molar-refractivity contribution is 6.39. The van der Waals surface area contributed by atoms with E-state index in [4.69, 9.17) is 39.5 Å². The van der Waals surface area contributed by atoms with Gasteiger partial charge in [-0.2, -0.15) is 23.7 Å². The van der Waals surface area contributed by atoms with E-state index in [9.17, 15) is 13.2 Å². The zero-order chi connectivity index (χ0) is 16.7. The highest BCUT2D eigenvalue weighted by atomic mass is 35.5. The molecule has 1 aromatic rings. The van der Waals surface area contributed by atoms with Crippen molar-refractivity contribution in [3.8, 4) is 12.1 Å². The Balaban J connectivity index is 2.56. The van der Waals surface area contributed by atoms with Crippen molar-refractivity contribution in [2.24, 2.45) is 5.73 Å². The van der Waals surface area contributed by atoms with E-state index in [1.165, 1.54) is 0 Å². The minimum atomic E-state index is -4.63. The first-order valence-electron chi connectivity index (χ1n) is 5.58. The Hall–Kier alpha value is -2.13. The molecule has 2 rings (SSSR count). The number of hydrazine groups is 1. The number of nitrogens with two attached hydrogens (primary N) is 1. The van der Waals surface area contributed by atoms with Crippen LogP contribution in [0.2, 0.25) is 10.0 Å². The molecule has 22 heavy (non-hydrogen) atoms. The van der Waals surface area contributed by atoms with Crippen LogP contribution in [0.4, 0.5) is 18.9 Å². The second-order valence-electron chi connectivity index (χ2n) is 4.34. The first-order chi connectivity index (χ1) is 10.1. The summed E-state index contributed by atoms with van der Waals surface area (Å²) < 4.78 is 38.1. The lowest BCUT2D eigenvalue weighted by molar-refractivity contribution is -0.137. The average Bonchev–Trinajstić information content (AvgIpc) is 2.75. The third-order valence-electron chi connectivity index (χ3n) is 2.83. The van der Waals surface area contributed by atoms with Crippen LogP contribution >= 0.6 is 23.2 Å². The minimum absolute atomic E-state index is 0.0592. The normalized spacial score (nSPS) is 20.9. The zero-order valence-electron chi connectivity index (χ0n) is 10.5. The summed E-state index contributed by atoms with van der Waals surface area (Å²) in [5.74, 6) is 0. The molecule has 0 aliphatic carbocycles. The van der Waals surface area contributed by atoms with Crippen molar-refractivity contribution in [2.75, 3.05) is 5.01 Å². The number of hydrogen-bond acceptors (Lipinski definition) is 5. The van der Waals surface area contributed by atoms with E-state index in [2.05, 4.69) is 5.43 Å². The highest BCUT2D eigenvalue weighted by Crippen LogP contribution is 2.42. The summed E-state index contributed by atoms with van der Waals surface area (Å²) >= 11 is 11.7. The summed E-state index contributed by atoms with van der Waals surface area (Å²) in [4.78, 5) is 0. The van der Waals surface area contributed by atoms with Crippen LogP contribution in [0.15, 0.2) is 23.9 Å². The van der Waals surface area contributed by atoms with E-state index in [1.807, 2.05) is 0 Å². The van der Waals surface area contributed by atoms with Crippen LogP contribution in [0.5, 0.6) is 0 Å². The molecule has 10 heteroatoms. The molecule has 3 N–H and O–H groups in total. The minimum Gasteiger partial charge on any atom is -0.292 e. The Labute approximate surface area is 132 Å². The van der Waals surface area contributed by atoms with Crippen molar-refractivity contribution >= 4 is 28.9 Å². The Morgan fingerprint density at radius 3 is 2.18 bits per heavy atom. The van der Waals surface area contributed by atoms with Gasteiger partial charge in [-0.25, -0.2) is 5.01 Å². The monoisotopic (exact) mass is 347 g/mol. The predicted octanol–water partition coefficient (Wildman–Crippen LogP) is 2.92. The van der Waals surface area contributed by atoms with Crippen molar-refractivity contribution in [2.45, 2.75) is 11.8 Å². The van der Waals surface area contributed by atoms with Crippen LogP contribution in [0.3, 0.4) is 0 Å². The zero-order valence-corrected chi connectivity index (χ0v) is 12.1. The Bertz CT molecular complexity index is 724. The molecule has 1 aliphatic rings. The van der Waals surface area contributed by atoms with E-state index in [0.717, 1.165) is 11.1 Å². The summed E-state index contributed by atoms with van der Waals surface area (Å²) in [6.45, 7) is 0. The van der Waals surface area contributed by atoms with Crippen LogP contribution in [-0.4, -0.2) is 5.66 Å². The number of rotatable bonds is 1.